The van der Waals surface area contributed by atoms with E-state index in [4.69, 9.17) is 0 Å². The fraction of sp³-hybridized carbons (Fsp3) is 0.400. The lowest BCUT2D eigenvalue weighted by molar-refractivity contribution is -0.153. The van der Waals surface area contributed by atoms with Gasteiger partial charge in [0.2, 0.25) is 5.91 Å². The van der Waals surface area contributed by atoms with Crippen LogP contribution < -0.4 is 16.2 Å². The smallest absolute Gasteiger partial charge is 0.384 e. The Morgan fingerprint density at radius 1 is 1.06 bits per heavy atom. The molecule has 1 saturated carbocycles. The monoisotopic (exact) mass is 464 g/mol. The van der Waals surface area contributed by atoms with Crippen LogP contribution in [-0.4, -0.2) is 23.6 Å². The number of benzene rings is 1. The Kier molecular flexibility index (Phi) is 6.79. The minimum absolute atomic E-state index is 0.204. The molecule has 0 spiro atoms. The van der Waals surface area contributed by atoms with Gasteiger partial charge in [-0.15, -0.1) is 0 Å². The van der Waals surface area contributed by atoms with Crippen molar-refractivity contribution in [1.29, 1.82) is 0 Å². The van der Waals surface area contributed by atoms with E-state index in [2.05, 4.69) is 10.3 Å². The highest BCUT2D eigenvalue weighted by molar-refractivity contribution is 5.78. The lowest BCUT2D eigenvalue weighted by Gasteiger charge is -2.19. The van der Waals surface area contributed by atoms with Crippen molar-refractivity contribution in [3.63, 3.8) is 0 Å². The van der Waals surface area contributed by atoms with Gasteiger partial charge < -0.3 is 5.32 Å². The molecule has 3 rings (SSSR count). The molecule has 1 heterocycles. The summed E-state index contributed by atoms with van der Waals surface area (Å²) in [7, 11) is 0. The molecule has 0 radical (unpaired) electrons. The van der Waals surface area contributed by atoms with Crippen molar-refractivity contribution in [3.8, 4) is 0 Å². The second kappa shape index (κ2) is 9.21. The number of carbonyl (C=O) groups is 1. The van der Waals surface area contributed by atoms with Crippen LogP contribution in [0, 0.1) is 11.7 Å². The van der Waals surface area contributed by atoms with Gasteiger partial charge in [0.25, 0.3) is 0 Å². The predicted molar refractivity (Wildman–Crippen MR) is 102 cm³/mol. The normalized spacial score (nSPS) is 18.2. The zero-order valence-electron chi connectivity index (χ0n) is 16.4. The van der Waals surface area contributed by atoms with Crippen molar-refractivity contribution in [3.05, 3.63) is 53.5 Å². The lowest BCUT2D eigenvalue weighted by atomic mass is 10.1. The summed E-state index contributed by atoms with van der Waals surface area (Å²) in [6, 6.07) is 7.18. The van der Waals surface area contributed by atoms with E-state index >= 15 is 0 Å². The molecule has 1 aromatic carbocycles. The van der Waals surface area contributed by atoms with Crippen LogP contribution in [0.3, 0.4) is 0 Å². The third-order valence-electron chi connectivity index (χ3n) is 4.97. The van der Waals surface area contributed by atoms with Gasteiger partial charge >= 0.3 is 12.4 Å². The van der Waals surface area contributed by atoms with Crippen LogP contribution in [0.2, 0.25) is 0 Å². The molecule has 3 N–H and O–H groups in total. The Balaban J connectivity index is 1.60. The van der Waals surface area contributed by atoms with Gasteiger partial charge in [-0.05, 0) is 48.4 Å². The Morgan fingerprint density at radius 2 is 1.75 bits per heavy atom. The second-order valence-corrected chi connectivity index (χ2v) is 7.41. The standard InChI is InChI=1S/C20H19F7N4O/c21-13-3-1-11(2-4-13)14-9-12(14)5-7-28-15-6-8-29-18(17(15)20(25,26)27)31-30-16(32)10-19(22,23)24/h1-4,6,8,12,14H,5,7,9-10H2,(H,30,32)(H2,28,29,31)/t12-,14+/m1/s1. The van der Waals surface area contributed by atoms with E-state index in [-0.39, 0.29) is 29.9 Å². The van der Waals surface area contributed by atoms with Crippen molar-refractivity contribution in [2.75, 3.05) is 17.3 Å². The van der Waals surface area contributed by atoms with E-state index < -0.39 is 36.1 Å². The third-order valence-corrected chi connectivity index (χ3v) is 4.97. The Labute approximate surface area is 178 Å². The maximum Gasteiger partial charge on any atom is 0.422 e. The van der Waals surface area contributed by atoms with Gasteiger partial charge in [0.15, 0.2) is 5.82 Å². The number of anilines is 2. The van der Waals surface area contributed by atoms with Gasteiger partial charge in [-0.2, -0.15) is 26.3 Å². The van der Waals surface area contributed by atoms with Crippen LogP contribution in [0.15, 0.2) is 36.5 Å². The zero-order valence-corrected chi connectivity index (χ0v) is 16.4. The highest BCUT2D eigenvalue weighted by Gasteiger charge is 2.39. The Morgan fingerprint density at radius 3 is 2.38 bits per heavy atom. The van der Waals surface area contributed by atoms with Crippen LogP contribution in [0.5, 0.6) is 0 Å². The molecule has 1 amide bonds. The number of alkyl halides is 6. The molecule has 1 fully saturated rings. The summed E-state index contributed by atoms with van der Waals surface area (Å²) >= 11 is 0. The first kappa shape index (κ1) is 23.6. The molecule has 1 aromatic heterocycles. The molecule has 2 atom stereocenters. The summed E-state index contributed by atoms with van der Waals surface area (Å²) in [4.78, 5) is 14.8. The van der Waals surface area contributed by atoms with Gasteiger partial charge in [-0.25, -0.2) is 9.37 Å². The summed E-state index contributed by atoms with van der Waals surface area (Å²) in [6.45, 7) is 0.204. The zero-order chi connectivity index (χ0) is 23.5. The molecule has 32 heavy (non-hydrogen) atoms. The van der Waals surface area contributed by atoms with Gasteiger partial charge in [-0.1, -0.05) is 12.1 Å². The first-order valence-corrected chi connectivity index (χ1v) is 9.61. The lowest BCUT2D eigenvalue weighted by Crippen LogP contribution is -2.34. The number of carbonyl (C=O) groups excluding carboxylic acids is 1. The number of hydrogen-bond donors (Lipinski definition) is 3. The largest absolute Gasteiger partial charge is 0.422 e. The highest BCUT2D eigenvalue weighted by atomic mass is 19.4. The number of nitrogens with one attached hydrogen (secondary N) is 3. The van der Waals surface area contributed by atoms with E-state index in [0.29, 0.717) is 6.42 Å². The van der Waals surface area contributed by atoms with E-state index in [1.807, 2.05) is 5.43 Å². The van der Waals surface area contributed by atoms with Crippen molar-refractivity contribution in [1.82, 2.24) is 10.4 Å². The molecule has 0 aliphatic heterocycles. The number of amides is 1. The van der Waals surface area contributed by atoms with E-state index in [1.54, 1.807) is 17.6 Å². The average molecular weight is 464 g/mol. The van der Waals surface area contributed by atoms with E-state index in [9.17, 15) is 35.5 Å². The summed E-state index contributed by atoms with van der Waals surface area (Å²) in [5.41, 5.74) is 2.82. The van der Waals surface area contributed by atoms with Crippen LogP contribution in [0.1, 0.15) is 36.3 Å². The number of hydrogen-bond acceptors (Lipinski definition) is 4. The van der Waals surface area contributed by atoms with Crippen LogP contribution >= 0.6 is 0 Å². The first-order chi connectivity index (χ1) is 14.9. The van der Waals surface area contributed by atoms with Crippen molar-refractivity contribution < 1.29 is 35.5 Å². The molecule has 0 saturated heterocycles. The van der Waals surface area contributed by atoms with Crippen molar-refractivity contribution in [2.45, 2.75) is 37.5 Å². The van der Waals surface area contributed by atoms with Crippen molar-refractivity contribution >= 4 is 17.4 Å². The van der Waals surface area contributed by atoms with Gasteiger partial charge in [0, 0.05) is 12.7 Å². The summed E-state index contributed by atoms with van der Waals surface area (Å²) in [6.07, 6.45) is -9.10. The molecule has 12 heteroatoms. The maximum atomic E-state index is 13.6. The number of pyridine rings is 1. The Hall–Kier alpha value is -3.05. The number of aromatic nitrogens is 1. The predicted octanol–water partition coefficient (Wildman–Crippen LogP) is 5.24. The molecular weight excluding hydrogens is 445 g/mol. The van der Waals surface area contributed by atoms with Gasteiger partial charge in [-0.3, -0.25) is 15.6 Å². The Bertz CT molecular complexity index is 944. The van der Waals surface area contributed by atoms with Gasteiger partial charge in [0.05, 0.1) is 5.69 Å². The highest BCUT2D eigenvalue weighted by Crippen LogP contribution is 2.49. The first-order valence-electron chi connectivity index (χ1n) is 9.61. The van der Waals surface area contributed by atoms with E-state index in [1.165, 1.54) is 12.1 Å². The maximum absolute atomic E-state index is 13.6. The number of nitrogens with zero attached hydrogens (tertiary/aromatic N) is 1. The fourth-order valence-electron chi connectivity index (χ4n) is 3.42. The van der Waals surface area contributed by atoms with Crippen molar-refractivity contribution in [2.24, 2.45) is 5.92 Å². The minimum atomic E-state index is -4.89. The van der Waals surface area contributed by atoms with Crippen LogP contribution in [0.4, 0.5) is 42.2 Å². The van der Waals surface area contributed by atoms with Crippen LogP contribution in [0.25, 0.3) is 0 Å². The second-order valence-electron chi connectivity index (χ2n) is 7.41. The van der Waals surface area contributed by atoms with Crippen LogP contribution in [-0.2, 0) is 11.0 Å². The van der Waals surface area contributed by atoms with E-state index in [0.717, 1.165) is 24.2 Å². The fourth-order valence-corrected chi connectivity index (χ4v) is 3.42. The average Bonchev–Trinajstić information content (AvgIpc) is 3.44. The molecule has 0 bridgehead atoms. The molecule has 0 unspecified atom stereocenters. The topological polar surface area (TPSA) is 66.0 Å². The summed E-state index contributed by atoms with van der Waals surface area (Å²) in [5, 5.41) is 2.69. The molecule has 5 nitrogen and oxygen atoms in total. The summed E-state index contributed by atoms with van der Waals surface area (Å²) in [5.74, 6) is -2.26. The molecule has 1 aliphatic rings. The molecular formula is C20H19F7N4O. The number of rotatable bonds is 8. The molecule has 2 aromatic rings. The SMILES string of the molecule is O=C(CC(F)(F)F)NNc1nccc(NCC[C@@H]2C[C@H]2c2ccc(F)cc2)c1C(F)(F)F. The third kappa shape index (κ3) is 6.47. The number of hydrazine groups is 1. The molecule has 174 valence electrons. The summed E-state index contributed by atoms with van der Waals surface area (Å²) < 4.78 is 90.4. The van der Waals surface area contributed by atoms with Gasteiger partial charge in [0.1, 0.15) is 17.8 Å². The number of halogens is 7. The quantitative estimate of drug-likeness (QED) is 0.369. The minimum Gasteiger partial charge on any atom is -0.384 e. The molecule has 1 aliphatic carbocycles.